The van der Waals surface area contributed by atoms with E-state index in [4.69, 9.17) is 11.6 Å². The fourth-order valence-corrected chi connectivity index (χ4v) is 2.28. The lowest BCUT2D eigenvalue weighted by Gasteiger charge is -2.16. The summed E-state index contributed by atoms with van der Waals surface area (Å²) >= 11 is 5.90. The topological polar surface area (TPSA) is 89.8 Å². The van der Waals surface area contributed by atoms with Crippen molar-refractivity contribution in [1.29, 1.82) is 0 Å². The predicted octanol–water partition coefficient (Wildman–Crippen LogP) is 1.73. The third-order valence-corrected chi connectivity index (χ3v) is 3.22. The number of rotatable bonds is 3. The number of nitro groups is 1. The van der Waals surface area contributed by atoms with Gasteiger partial charge in [-0.1, -0.05) is 0 Å². The van der Waals surface area contributed by atoms with Gasteiger partial charge in [0.1, 0.15) is 0 Å². The molecule has 20 heavy (non-hydrogen) atoms. The van der Waals surface area contributed by atoms with Gasteiger partial charge in [-0.15, -0.1) is 11.6 Å². The van der Waals surface area contributed by atoms with Crippen molar-refractivity contribution in [2.24, 2.45) is 0 Å². The number of ether oxygens (including phenoxy) is 1. The molecule has 1 aliphatic rings. The first kappa shape index (κ1) is 14.3. The minimum atomic E-state index is -0.705. The number of nitrogens with zero attached hydrogens (tertiary/aromatic N) is 2. The lowest BCUT2D eigenvalue weighted by Crippen LogP contribution is -2.25. The minimum absolute atomic E-state index is 0.0162. The molecule has 0 saturated carbocycles. The fraction of sp³-hybridized carbons (Fsp3) is 0.333. The van der Waals surface area contributed by atoms with E-state index in [0.29, 0.717) is 0 Å². The van der Waals surface area contributed by atoms with Crippen molar-refractivity contribution < 1.29 is 19.2 Å². The average molecular weight is 299 g/mol. The van der Waals surface area contributed by atoms with Crippen molar-refractivity contribution >= 4 is 34.9 Å². The van der Waals surface area contributed by atoms with E-state index >= 15 is 0 Å². The number of anilines is 1. The first-order chi connectivity index (χ1) is 9.42. The van der Waals surface area contributed by atoms with Crippen LogP contribution in [0.1, 0.15) is 16.8 Å². The maximum atomic E-state index is 11.8. The number of hydrogen-bond donors (Lipinski definition) is 0. The zero-order valence-corrected chi connectivity index (χ0v) is 11.3. The largest absolute Gasteiger partial charge is 0.465 e. The van der Waals surface area contributed by atoms with Gasteiger partial charge >= 0.3 is 5.97 Å². The Balaban J connectivity index is 2.47. The number of alkyl halides is 1. The zero-order chi connectivity index (χ0) is 14.9. The van der Waals surface area contributed by atoms with E-state index in [9.17, 15) is 19.7 Å². The summed E-state index contributed by atoms with van der Waals surface area (Å²) in [6.45, 7) is 0.252. The normalized spacial score (nSPS) is 18.2. The minimum Gasteiger partial charge on any atom is -0.465 e. The number of esters is 1. The van der Waals surface area contributed by atoms with E-state index in [1.54, 1.807) is 0 Å². The second kappa shape index (κ2) is 5.46. The number of non-ortho nitro benzene ring substituents is 1. The van der Waals surface area contributed by atoms with E-state index in [-0.39, 0.29) is 41.2 Å². The van der Waals surface area contributed by atoms with Crippen LogP contribution in [0, 0.1) is 10.1 Å². The van der Waals surface area contributed by atoms with Crippen LogP contribution in [0.3, 0.4) is 0 Å². The highest BCUT2D eigenvalue weighted by atomic mass is 35.5. The summed E-state index contributed by atoms with van der Waals surface area (Å²) < 4.78 is 4.55. The maximum absolute atomic E-state index is 11.8. The van der Waals surface area contributed by atoms with Crippen molar-refractivity contribution in [3.8, 4) is 0 Å². The molecule has 0 radical (unpaired) electrons. The molecule has 106 valence electrons. The van der Waals surface area contributed by atoms with Crippen molar-refractivity contribution in [3.63, 3.8) is 0 Å². The molecule has 0 bridgehead atoms. The zero-order valence-electron chi connectivity index (χ0n) is 10.5. The fourth-order valence-electron chi connectivity index (χ4n) is 2.01. The Labute approximate surface area is 119 Å². The van der Waals surface area contributed by atoms with E-state index in [1.165, 1.54) is 24.1 Å². The van der Waals surface area contributed by atoms with Crippen molar-refractivity contribution in [1.82, 2.24) is 0 Å². The summed E-state index contributed by atoms with van der Waals surface area (Å²) in [6.07, 6.45) is 0.164. The first-order valence-electron chi connectivity index (χ1n) is 5.74. The highest BCUT2D eigenvalue weighted by molar-refractivity contribution is 6.24. The summed E-state index contributed by atoms with van der Waals surface area (Å²) in [5.41, 5.74) is 0.00370. The van der Waals surface area contributed by atoms with Crippen molar-refractivity contribution in [2.75, 3.05) is 18.6 Å². The van der Waals surface area contributed by atoms with Gasteiger partial charge in [-0.05, 0) is 6.07 Å². The molecule has 0 aromatic heterocycles. The molecule has 1 atom stereocenters. The molecular weight excluding hydrogens is 288 g/mol. The summed E-state index contributed by atoms with van der Waals surface area (Å²) in [7, 11) is 1.18. The summed E-state index contributed by atoms with van der Waals surface area (Å²) in [4.78, 5) is 34.9. The van der Waals surface area contributed by atoms with Gasteiger partial charge in [-0.3, -0.25) is 14.9 Å². The van der Waals surface area contributed by atoms with Gasteiger partial charge in [0, 0.05) is 25.1 Å². The second-order valence-corrected chi connectivity index (χ2v) is 4.91. The molecular formula is C12H11ClN2O5. The van der Waals surface area contributed by atoms with Gasteiger partial charge in [0.15, 0.2) is 0 Å². The summed E-state index contributed by atoms with van der Waals surface area (Å²) in [5, 5.41) is 10.6. The van der Waals surface area contributed by atoms with E-state index in [0.717, 1.165) is 6.07 Å². The van der Waals surface area contributed by atoms with Crippen LogP contribution in [0.2, 0.25) is 0 Å². The number of nitro benzene ring substituents is 1. The number of methoxy groups -OCH3 is 1. The summed E-state index contributed by atoms with van der Waals surface area (Å²) in [6, 6.07) is 3.72. The monoisotopic (exact) mass is 298 g/mol. The van der Waals surface area contributed by atoms with Crippen LogP contribution in [0.5, 0.6) is 0 Å². The molecule has 1 aliphatic heterocycles. The van der Waals surface area contributed by atoms with E-state index in [1.807, 2.05) is 0 Å². The molecule has 1 heterocycles. The van der Waals surface area contributed by atoms with Crippen LogP contribution in [0.15, 0.2) is 18.2 Å². The number of halogens is 1. The summed E-state index contributed by atoms with van der Waals surface area (Å²) in [5.74, 6) is -0.940. The maximum Gasteiger partial charge on any atom is 0.338 e. The molecule has 1 aromatic carbocycles. The highest BCUT2D eigenvalue weighted by Gasteiger charge is 2.30. The van der Waals surface area contributed by atoms with Gasteiger partial charge in [-0.25, -0.2) is 4.79 Å². The quantitative estimate of drug-likeness (QED) is 0.367. The second-order valence-electron chi connectivity index (χ2n) is 4.29. The third-order valence-electron chi connectivity index (χ3n) is 2.92. The Kier molecular flexibility index (Phi) is 3.89. The standard InChI is InChI=1S/C12H11ClN2O5/c1-20-12(17)7-2-9(5-10(3-7)15(18)19)14-6-8(13)4-11(14)16/h2-3,5,8H,4,6H2,1H3. The van der Waals surface area contributed by atoms with Gasteiger partial charge in [0.05, 0.1) is 28.7 Å². The number of benzene rings is 1. The first-order valence-corrected chi connectivity index (χ1v) is 6.18. The lowest BCUT2D eigenvalue weighted by molar-refractivity contribution is -0.384. The highest BCUT2D eigenvalue weighted by Crippen LogP contribution is 2.29. The smallest absolute Gasteiger partial charge is 0.338 e. The molecule has 1 amide bonds. The molecule has 0 N–H and O–H groups in total. The molecule has 1 unspecified atom stereocenters. The van der Waals surface area contributed by atoms with Crippen molar-refractivity contribution in [3.05, 3.63) is 33.9 Å². The Morgan fingerprint density at radius 3 is 2.70 bits per heavy atom. The molecule has 8 heteroatoms. The van der Waals surface area contributed by atoms with Gasteiger partial charge in [-0.2, -0.15) is 0 Å². The third kappa shape index (κ3) is 2.72. The Bertz CT molecular complexity index is 589. The number of carbonyl (C=O) groups is 2. The number of carbonyl (C=O) groups excluding carboxylic acids is 2. The van der Waals surface area contributed by atoms with Gasteiger partial charge in [0.2, 0.25) is 5.91 Å². The Morgan fingerprint density at radius 2 is 2.20 bits per heavy atom. The number of amides is 1. The van der Waals surface area contributed by atoms with Gasteiger partial charge in [0.25, 0.3) is 5.69 Å². The van der Waals surface area contributed by atoms with Crippen LogP contribution in [0.4, 0.5) is 11.4 Å². The van der Waals surface area contributed by atoms with Crippen molar-refractivity contribution in [2.45, 2.75) is 11.8 Å². The van der Waals surface area contributed by atoms with Crippen LogP contribution in [-0.4, -0.2) is 35.8 Å². The van der Waals surface area contributed by atoms with E-state index < -0.39 is 10.9 Å². The molecule has 1 fully saturated rings. The van der Waals surface area contributed by atoms with Crippen LogP contribution < -0.4 is 4.90 Å². The van der Waals surface area contributed by atoms with Gasteiger partial charge < -0.3 is 9.64 Å². The lowest BCUT2D eigenvalue weighted by atomic mass is 10.1. The average Bonchev–Trinajstić information content (AvgIpc) is 2.76. The molecule has 1 saturated heterocycles. The number of hydrogen-bond acceptors (Lipinski definition) is 5. The van der Waals surface area contributed by atoms with Crippen LogP contribution in [0.25, 0.3) is 0 Å². The molecule has 0 aliphatic carbocycles. The molecule has 1 aromatic rings. The Hall–Kier alpha value is -2.15. The van der Waals surface area contributed by atoms with E-state index in [2.05, 4.69) is 4.74 Å². The molecule has 2 rings (SSSR count). The van der Waals surface area contributed by atoms with Crippen LogP contribution in [-0.2, 0) is 9.53 Å². The predicted molar refractivity (Wildman–Crippen MR) is 71.0 cm³/mol. The SMILES string of the molecule is COC(=O)c1cc(N2CC(Cl)CC2=O)cc([N+](=O)[O-])c1. The molecule has 0 spiro atoms. The van der Waals surface area contributed by atoms with Crippen LogP contribution >= 0.6 is 11.6 Å². The Morgan fingerprint density at radius 1 is 1.50 bits per heavy atom. The molecule has 7 nitrogen and oxygen atoms in total.